The molecule has 0 saturated heterocycles. The summed E-state index contributed by atoms with van der Waals surface area (Å²) in [6, 6.07) is 6.76. The van der Waals surface area contributed by atoms with E-state index in [1.165, 1.54) is 0 Å². The molecule has 0 bridgehead atoms. The number of hydrogen-bond acceptors (Lipinski definition) is 4. The lowest BCUT2D eigenvalue weighted by atomic mass is 10.3. The van der Waals surface area contributed by atoms with Gasteiger partial charge in [0.15, 0.2) is 0 Å². The van der Waals surface area contributed by atoms with Crippen LogP contribution in [0.2, 0.25) is 0 Å². The van der Waals surface area contributed by atoms with Crippen molar-refractivity contribution >= 4 is 0 Å². The molecule has 1 N–H and O–H groups in total. The van der Waals surface area contributed by atoms with Crippen molar-refractivity contribution in [1.29, 1.82) is 0 Å². The molecule has 0 spiro atoms. The normalized spacial score (nSPS) is 10.3. The van der Waals surface area contributed by atoms with E-state index in [4.69, 9.17) is 14.2 Å². The molecule has 4 heteroatoms. The van der Waals surface area contributed by atoms with Crippen molar-refractivity contribution in [1.82, 2.24) is 0 Å². The number of hydrogen-bond donors (Lipinski definition) is 1. The number of aromatic hydroxyl groups is 1. The van der Waals surface area contributed by atoms with Crippen molar-refractivity contribution in [2.45, 2.75) is 6.42 Å². The zero-order chi connectivity index (χ0) is 11.6. The van der Waals surface area contributed by atoms with Crippen LogP contribution in [0.25, 0.3) is 0 Å². The van der Waals surface area contributed by atoms with Gasteiger partial charge in [0.05, 0.1) is 19.8 Å². The van der Waals surface area contributed by atoms with Gasteiger partial charge in [-0.05, 0) is 12.1 Å². The summed E-state index contributed by atoms with van der Waals surface area (Å²) in [4.78, 5) is 0. The number of phenols is 1. The van der Waals surface area contributed by atoms with Crippen molar-refractivity contribution < 1.29 is 19.3 Å². The maximum atomic E-state index is 9.19. The molecule has 0 aromatic heterocycles. The average molecular weight is 226 g/mol. The van der Waals surface area contributed by atoms with Crippen LogP contribution >= 0.6 is 0 Å². The topological polar surface area (TPSA) is 47.9 Å². The van der Waals surface area contributed by atoms with Crippen LogP contribution in [0.1, 0.15) is 6.42 Å². The van der Waals surface area contributed by atoms with Gasteiger partial charge in [0.1, 0.15) is 11.5 Å². The molecule has 0 aliphatic carbocycles. The van der Waals surface area contributed by atoms with Gasteiger partial charge >= 0.3 is 0 Å². The molecule has 0 fully saturated rings. The lowest BCUT2D eigenvalue weighted by Gasteiger charge is -2.06. The second-order valence-electron chi connectivity index (χ2n) is 3.30. The third-order valence-corrected chi connectivity index (χ3v) is 1.95. The molecule has 1 aromatic carbocycles. The van der Waals surface area contributed by atoms with Gasteiger partial charge in [-0.2, -0.15) is 0 Å². The fraction of sp³-hybridized carbons (Fsp3) is 0.500. The maximum absolute atomic E-state index is 9.19. The molecule has 0 unspecified atom stereocenters. The van der Waals surface area contributed by atoms with Crippen molar-refractivity contribution in [2.75, 3.05) is 33.5 Å². The SMILES string of the molecule is COCCOCCCOc1cccc(O)c1. The molecule has 0 aliphatic rings. The molecule has 4 nitrogen and oxygen atoms in total. The third kappa shape index (κ3) is 5.58. The number of rotatable bonds is 8. The highest BCUT2D eigenvalue weighted by Crippen LogP contribution is 2.17. The van der Waals surface area contributed by atoms with E-state index in [1.54, 1.807) is 25.3 Å². The molecule has 90 valence electrons. The number of ether oxygens (including phenoxy) is 3. The summed E-state index contributed by atoms with van der Waals surface area (Å²) in [5, 5.41) is 9.19. The first-order chi connectivity index (χ1) is 7.83. The Morgan fingerprint density at radius 2 is 2.00 bits per heavy atom. The minimum absolute atomic E-state index is 0.217. The van der Waals surface area contributed by atoms with E-state index < -0.39 is 0 Å². The molecule has 0 heterocycles. The molecular formula is C12H18O4. The van der Waals surface area contributed by atoms with E-state index in [0.29, 0.717) is 32.2 Å². The molecule has 0 amide bonds. The first-order valence-electron chi connectivity index (χ1n) is 5.31. The summed E-state index contributed by atoms with van der Waals surface area (Å²) < 4.78 is 15.6. The quantitative estimate of drug-likeness (QED) is 0.687. The molecule has 1 aromatic rings. The van der Waals surface area contributed by atoms with Crippen LogP contribution in [0.5, 0.6) is 11.5 Å². The summed E-state index contributed by atoms with van der Waals surface area (Å²) in [6.45, 7) is 2.47. The molecule has 0 radical (unpaired) electrons. The van der Waals surface area contributed by atoms with Crippen LogP contribution < -0.4 is 4.74 Å². The second-order valence-corrected chi connectivity index (χ2v) is 3.30. The van der Waals surface area contributed by atoms with Crippen molar-refractivity contribution in [3.8, 4) is 11.5 Å². The van der Waals surface area contributed by atoms with Crippen molar-refractivity contribution in [3.05, 3.63) is 24.3 Å². The van der Waals surface area contributed by atoms with Crippen LogP contribution in [-0.4, -0.2) is 38.6 Å². The monoisotopic (exact) mass is 226 g/mol. The van der Waals surface area contributed by atoms with Crippen LogP contribution in [0.15, 0.2) is 24.3 Å². The van der Waals surface area contributed by atoms with E-state index in [0.717, 1.165) is 6.42 Å². The Bertz CT molecular complexity index is 288. The van der Waals surface area contributed by atoms with Gasteiger partial charge < -0.3 is 19.3 Å². The predicted octanol–water partition coefficient (Wildman–Crippen LogP) is 1.82. The smallest absolute Gasteiger partial charge is 0.122 e. The first kappa shape index (κ1) is 12.8. The van der Waals surface area contributed by atoms with E-state index in [1.807, 2.05) is 6.07 Å². The average Bonchev–Trinajstić information content (AvgIpc) is 2.28. The Morgan fingerprint density at radius 1 is 1.12 bits per heavy atom. The largest absolute Gasteiger partial charge is 0.508 e. The van der Waals surface area contributed by atoms with Gasteiger partial charge in [0, 0.05) is 26.2 Å². The fourth-order valence-electron chi connectivity index (χ4n) is 1.17. The zero-order valence-electron chi connectivity index (χ0n) is 9.52. The summed E-state index contributed by atoms with van der Waals surface area (Å²) in [5.74, 6) is 0.894. The van der Waals surface area contributed by atoms with Crippen molar-refractivity contribution in [2.24, 2.45) is 0 Å². The fourth-order valence-corrected chi connectivity index (χ4v) is 1.17. The Morgan fingerprint density at radius 3 is 2.75 bits per heavy atom. The zero-order valence-corrected chi connectivity index (χ0v) is 9.52. The first-order valence-corrected chi connectivity index (χ1v) is 5.31. The Hall–Kier alpha value is -1.26. The third-order valence-electron chi connectivity index (χ3n) is 1.95. The van der Waals surface area contributed by atoms with E-state index in [-0.39, 0.29) is 5.75 Å². The highest BCUT2D eigenvalue weighted by molar-refractivity contribution is 5.31. The minimum atomic E-state index is 0.217. The van der Waals surface area contributed by atoms with Gasteiger partial charge in [-0.25, -0.2) is 0 Å². The Balaban J connectivity index is 2.03. The molecule has 0 atom stereocenters. The highest BCUT2D eigenvalue weighted by atomic mass is 16.5. The van der Waals surface area contributed by atoms with Gasteiger partial charge in [-0.1, -0.05) is 6.07 Å². The Labute approximate surface area is 95.8 Å². The van der Waals surface area contributed by atoms with Crippen LogP contribution in [0, 0.1) is 0 Å². The standard InChI is InChI=1S/C12H18O4/c1-14-8-9-15-6-3-7-16-12-5-2-4-11(13)10-12/h2,4-5,10,13H,3,6-9H2,1H3. The summed E-state index contributed by atoms with van der Waals surface area (Å²) in [5.41, 5.74) is 0. The summed E-state index contributed by atoms with van der Waals surface area (Å²) in [7, 11) is 1.65. The Kier molecular flexibility index (Phi) is 6.37. The van der Waals surface area contributed by atoms with Crippen LogP contribution in [0.4, 0.5) is 0 Å². The lowest BCUT2D eigenvalue weighted by molar-refractivity contribution is 0.0644. The molecule has 0 aliphatic heterocycles. The van der Waals surface area contributed by atoms with E-state index in [2.05, 4.69) is 0 Å². The lowest BCUT2D eigenvalue weighted by Crippen LogP contribution is -2.06. The van der Waals surface area contributed by atoms with E-state index in [9.17, 15) is 5.11 Å². The summed E-state index contributed by atoms with van der Waals surface area (Å²) >= 11 is 0. The van der Waals surface area contributed by atoms with Gasteiger partial charge in [0.25, 0.3) is 0 Å². The highest BCUT2D eigenvalue weighted by Gasteiger charge is 1.95. The van der Waals surface area contributed by atoms with E-state index >= 15 is 0 Å². The number of benzene rings is 1. The molecule has 0 saturated carbocycles. The van der Waals surface area contributed by atoms with Crippen molar-refractivity contribution in [3.63, 3.8) is 0 Å². The molecule has 1 rings (SSSR count). The summed E-state index contributed by atoms with van der Waals surface area (Å²) in [6.07, 6.45) is 0.819. The molecular weight excluding hydrogens is 208 g/mol. The maximum Gasteiger partial charge on any atom is 0.122 e. The second kappa shape index (κ2) is 7.96. The number of phenolic OH excluding ortho intramolecular Hbond substituents is 1. The van der Waals surface area contributed by atoms with Gasteiger partial charge in [-0.15, -0.1) is 0 Å². The minimum Gasteiger partial charge on any atom is -0.508 e. The van der Waals surface area contributed by atoms with Crippen LogP contribution in [0.3, 0.4) is 0 Å². The van der Waals surface area contributed by atoms with Gasteiger partial charge in [-0.3, -0.25) is 0 Å². The van der Waals surface area contributed by atoms with Gasteiger partial charge in [0.2, 0.25) is 0 Å². The number of methoxy groups -OCH3 is 1. The van der Waals surface area contributed by atoms with Crippen LogP contribution in [-0.2, 0) is 9.47 Å². The molecule has 16 heavy (non-hydrogen) atoms. The predicted molar refractivity (Wildman–Crippen MR) is 60.9 cm³/mol.